The van der Waals surface area contributed by atoms with Crippen LogP contribution in [0.1, 0.15) is 43.2 Å². The minimum absolute atomic E-state index is 0.0264. The Labute approximate surface area is 290 Å². The van der Waals surface area contributed by atoms with Crippen LogP contribution in [0.4, 0.5) is 13.2 Å². The molecular formula is C33H35ClF3N3O6S2. The van der Waals surface area contributed by atoms with E-state index in [1.54, 1.807) is 24.3 Å². The third-order valence-electron chi connectivity index (χ3n) is 8.55. The van der Waals surface area contributed by atoms with Crippen molar-refractivity contribution in [2.75, 3.05) is 46.0 Å². The molecule has 1 saturated carbocycles. The largest absolute Gasteiger partial charge is 0.492 e. The molecule has 15 heteroatoms. The van der Waals surface area contributed by atoms with Crippen molar-refractivity contribution in [3.8, 4) is 16.9 Å². The van der Waals surface area contributed by atoms with Gasteiger partial charge in [-0.2, -0.15) is 13.2 Å². The van der Waals surface area contributed by atoms with Crippen LogP contribution >= 0.6 is 35.6 Å². The highest BCUT2D eigenvalue weighted by Crippen LogP contribution is 2.39. The molecule has 0 radical (unpaired) electrons. The molecule has 0 unspecified atom stereocenters. The zero-order valence-corrected chi connectivity index (χ0v) is 28.3. The first-order valence-corrected chi connectivity index (χ1v) is 17.2. The molecule has 9 nitrogen and oxygen atoms in total. The number of amides is 2. The molecule has 3 aliphatic rings. The molecule has 2 amide bonds. The van der Waals surface area contributed by atoms with Gasteiger partial charge in [0.05, 0.1) is 34.6 Å². The van der Waals surface area contributed by atoms with Crippen LogP contribution in [0.5, 0.6) is 5.75 Å². The maximum Gasteiger partial charge on any atom is 0.417 e. The summed E-state index contributed by atoms with van der Waals surface area (Å²) in [5, 5.41) is 11.7. The minimum atomic E-state index is -4.59. The fourth-order valence-corrected chi connectivity index (χ4v) is 7.43. The van der Waals surface area contributed by atoms with E-state index in [4.69, 9.17) is 33.3 Å². The number of ether oxygens (including phenoxy) is 2. The minimum Gasteiger partial charge on any atom is -0.492 e. The van der Waals surface area contributed by atoms with Crippen LogP contribution in [0.3, 0.4) is 0 Å². The molecule has 2 aromatic carbocycles. The van der Waals surface area contributed by atoms with E-state index < -0.39 is 22.7 Å². The van der Waals surface area contributed by atoms with Crippen molar-refractivity contribution in [1.29, 1.82) is 0 Å². The van der Waals surface area contributed by atoms with Crippen LogP contribution in [0.15, 0.2) is 41.3 Å². The highest BCUT2D eigenvalue weighted by molar-refractivity contribution is 8.26. The quantitative estimate of drug-likeness (QED) is 0.210. The van der Waals surface area contributed by atoms with Crippen molar-refractivity contribution < 1.29 is 42.1 Å². The van der Waals surface area contributed by atoms with E-state index in [0.29, 0.717) is 83.7 Å². The summed E-state index contributed by atoms with van der Waals surface area (Å²) in [7, 11) is 0. The van der Waals surface area contributed by atoms with Crippen LogP contribution in [-0.4, -0.2) is 89.1 Å². The summed E-state index contributed by atoms with van der Waals surface area (Å²) in [6.45, 7) is 3.96. The number of rotatable bonds is 11. The second kappa shape index (κ2) is 16.0. The summed E-state index contributed by atoms with van der Waals surface area (Å²) >= 11 is 12.6. The van der Waals surface area contributed by atoms with Gasteiger partial charge < -0.3 is 19.9 Å². The summed E-state index contributed by atoms with van der Waals surface area (Å²) in [5.74, 6) is -1.34. The Kier molecular flexibility index (Phi) is 12.1. The number of thioether (sulfide) groups is 1. The SMILES string of the molecule is O=C(CCN1C(=O)/C(=C/c2cc(-c3ccc(C(F)(F)F)c(Cl)c3)ccc2OCCN2CCOCC2)SC1=S)NC1CCC(C(=O)O)CC1. The van der Waals surface area contributed by atoms with Gasteiger partial charge >= 0.3 is 12.1 Å². The Morgan fingerprint density at radius 3 is 2.44 bits per heavy atom. The van der Waals surface area contributed by atoms with Gasteiger partial charge in [-0.3, -0.25) is 24.2 Å². The van der Waals surface area contributed by atoms with E-state index in [1.165, 1.54) is 17.0 Å². The molecule has 0 spiro atoms. The summed E-state index contributed by atoms with van der Waals surface area (Å²) in [4.78, 5) is 41.2. The molecule has 0 atom stereocenters. The van der Waals surface area contributed by atoms with E-state index in [1.807, 2.05) is 0 Å². The standard InChI is InChI=1S/C33H35ClF3N3O6S2/c34-26-18-22(3-7-25(26)33(35,36)37)21-4-8-27(46-16-13-39-11-14-45-15-12-39)23(17-21)19-28-30(42)40(32(47)48-28)10-9-29(41)38-24-5-1-20(2-6-24)31(43)44/h3-4,7-8,17-20,24H,1-2,5-6,9-16H2,(H,38,41)(H,43,44)/b28-19-. The smallest absolute Gasteiger partial charge is 0.417 e. The number of halogens is 4. The summed E-state index contributed by atoms with van der Waals surface area (Å²) < 4.78 is 51.8. The van der Waals surface area contributed by atoms with Gasteiger partial charge in [-0.25, -0.2) is 0 Å². The second-order valence-corrected chi connectivity index (χ2v) is 13.9. The van der Waals surface area contributed by atoms with Gasteiger partial charge in [0.25, 0.3) is 5.91 Å². The predicted molar refractivity (Wildman–Crippen MR) is 181 cm³/mol. The molecule has 0 aromatic heterocycles. The Morgan fingerprint density at radius 2 is 1.77 bits per heavy atom. The first kappa shape index (κ1) is 36.1. The summed E-state index contributed by atoms with van der Waals surface area (Å²) in [5.41, 5.74) is 0.624. The van der Waals surface area contributed by atoms with Crippen molar-refractivity contribution in [2.45, 2.75) is 44.3 Å². The fraction of sp³-hybridized carbons (Fsp3) is 0.455. The summed E-state index contributed by atoms with van der Waals surface area (Å²) in [6.07, 6.45) is -0.742. The van der Waals surface area contributed by atoms with Crippen LogP contribution < -0.4 is 10.1 Å². The van der Waals surface area contributed by atoms with Crippen molar-refractivity contribution >= 4 is 63.8 Å². The van der Waals surface area contributed by atoms with Gasteiger partial charge in [-0.1, -0.05) is 47.7 Å². The maximum atomic E-state index is 13.5. The van der Waals surface area contributed by atoms with E-state index in [9.17, 15) is 32.7 Å². The molecule has 2 N–H and O–H groups in total. The number of alkyl halides is 3. The number of hydrogen-bond donors (Lipinski definition) is 2. The molecule has 48 heavy (non-hydrogen) atoms. The fourth-order valence-electron chi connectivity index (χ4n) is 5.84. The van der Waals surface area contributed by atoms with Crippen LogP contribution in [0.25, 0.3) is 17.2 Å². The third-order valence-corrected chi connectivity index (χ3v) is 10.2. The Bertz CT molecular complexity index is 1580. The van der Waals surface area contributed by atoms with Gasteiger partial charge in [0, 0.05) is 44.2 Å². The Balaban J connectivity index is 1.30. The Morgan fingerprint density at radius 1 is 1.08 bits per heavy atom. The molecule has 3 fully saturated rings. The molecule has 258 valence electrons. The van der Waals surface area contributed by atoms with Crippen LogP contribution in [0.2, 0.25) is 5.02 Å². The van der Waals surface area contributed by atoms with Crippen molar-refractivity contribution in [3.05, 3.63) is 57.5 Å². The lowest BCUT2D eigenvalue weighted by Gasteiger charge is -2.27. The second-order valence-electron chi connectivity index (χ2n) is 11.8. The zero-order valence-electron chi connectivity index (χ0n) is 25.9. The number of nitrogens with zero attached hydrogens (tertiary/aromatic N) is 2. The van der Waals surface area contributed by atoms with Gasteiger partial charge in [-0.15, -0.1) is 0 Å². The topological polar surface area (TPSA) is 108 Å². The highest BCUT2D eigenvalue weighted by atomic mass is 35.5. The van der Waals surface area contributed by atoms with Gasteiger partial charge in [0.2, 0.25) is 5.91 Å². The molecule has 0 bridgehead atoms. The molecule has 2 aromatic rings. The summed E-state index contributed by atoms with van der Waals surface area (Å²) in [6, 6.07) is 8.58. The number of hydrogen-bond acceptors (Lipinski definition) is 8. The first-order chi connectivity index (χ1) is 22.9. The van der Waals surface area contributed by atoms with E-state index in [2.05, 4.69) is 10.2 Å². The van der Waals surface area contributed by atoms with E-state index >= 15 is 0 Å². The number of thiocarbonyl (C=S) groups is 1. The molecule has 5 rings (SSSR count). The number of carboxylic acid groups (broad SMARTS) is 1. The highest BCUT2D eigenvalue weighted by Gasteiger charge is 2.34. The number of carbonyl (C=O) groups excluding carboxylic acids is 2. The molecule has 2 aliphatic heterocycles. The van der Waals surface area contributed by atoms with Gasteiger partial charge in [-0.05, 0) is 67.2 Å². The lowest BCUT2D eigenvalue weighted by Crippen LogP contribution is -2.40. The number of carboxylic acids is 1. The zero-order chi connectivity index (χ0) is 34.4. The van der Waals surface area contributed by atoms with E-state index in [-0.39, 0.29) is 36.7 Å². The van der Waals surface area contributed by atoms with Gasteiger partial charge in [0.1, 0.15) is 16.7 Å². The van der Waals surface area contributed by atoms with Gasteiger partial charge in [0.15, 0.2) is 0 Å². The normalized spacial score (nSPS) is 21.5. The lowest BCUT2D eigenvalue weighted by atomic mass is 9.86. The third kappa shape index (κ3) is 9.29. The van der Waals surface area contributed by atoms with Crippen molar-refractivity contribution in [2.24, 2.45) is 5.92 Å². The first-order valence-electron chi connectivity index (χ1n) is 15.6. The number of aliphatic carboxylic acids is 1. The molecular weight excluding hydrogens is 691 g/mol. The van der Waals surface area contributed by atoms with Crippen molar-refractivity contribution in [3.63, 3.8) is 0 Å². The molecule has 2 saturated heterocycles. The predicted octanol–water partition coefficient (Wildman–Crippen LogP) is 6.09. The number of morpholine rings is 1. The average molecular weight is 726 g/mol. The molecule has 2 heterocycles. The van der Waals surface area contributed by atoms with E-state index in [0.717, 1.165) is 30.9 Å². The maximum absolute atomic E-state index is 13.5. The number of nitrogens with one attached hydrogen (secondary N) is 1. The average Bonchev–Trinajstić information content (AvgIpc) is 3.31. The van der Waals surface area contributed by atoms with Crippen molar-refractivity contribution in [1.82, 2.24) is 15.1 Å². The number of carbonyl (C=O) groups is 3. The monoisotopic (exact) mass is 725 g/mol. The number of benzene rings is 2. The Hall–Kier alpha value is -3.17. The molecule has 1 aliphatic carbocycles. The van der Waals surface area contributed by atoms with Crippen LogP contribution in [-0.2, 0) is 25.3 Å². The lowest BCUT2D eigenvalue weighted by molar-refractivity contribution is -0.143. The van der Waals surface area contributed by atoms with Crippen LogP contribution in [0, 0.1) is 5.92 Å².